The van der Waals surface area contributed by atoms with Crippen molar-refractivity contribution in [2.45, 2.75) is 38.3 Å². The van der Waals surface area contributed by atoms with Crippen molar-refractivity contribution in [1.29, 1.82) is 0 Å². The van der Waals surface area contributed by atoms with Crippen molar-refractivity contribution in [2.75, 3.05) is 0 Å². The monoisotopic (exact) mass is 280 g/mol. The summed E-state index contributed by atoms with van der Waals surface area (Å²) >= 11 is 0. The second kappa shape index (κ2) is 6.13. The van der Waals surface area contributed by atoms with Crippen LogP contribution in [0.2, 0.25) is 0 Å². The number of halogens is 3. The molecule has 0 aliphatic heterocycles. The lowest BCUT2D eigenvalue weighted by atomic mass is 9.86. The highest BCUT2D eigenvalue weighted by Gasteiger charge is 2.29. The summed E-state index contributed by atoms with van der Waals surface area (Å²) in [6.07, 6.45) is -0.298. The first-order valence-corrected chi connectivity index (χ1v) is 6.65. The molecule has 0 bridgehead atoms. The van der Waals surface area contributed by atoms with Crippen molar-refractivity contribution in [3.05, 3.63) is 35.4 Å². The van der Waals surface area contributed by atoms with E-state index in [2.05, 4.69) is 11.8 Å². The molecule has 1 nitrogen and oxygen atoms in total. The van der Waals surface area contributed by atoms with E-state index in [9.17, 15) is 18.0 Å². The molecule has 1 fully saturated rings. The Hall–Kier alpha value is -1.76. The van der Waals surface area contributed by atoms with E-state index >= 15 is 0 Å². The summed E-state index contributed by atoms with van der Waals surface area (Å²) in [5, 5.41) is 0. The maximum absolute atomic E-state index is 12.4. The molecule has 106 valence electrons. The Morgan fingerprint density at radius 3 is 2.45 bits per heavy atom. The van der Waals surface area contributed by atoms with E-state index in [4.69, 9.17) is 0 Å². The van der Waals surface area contributed by atoms with Crippen LogP contribution in [0.5, 0.6) is 0 Å². The van der Waals surface area contributed by atoms with E-state index in [0.29, 0.717) is 18.4 Å². The van der Waals surface area contributed by atoms with Gasteiger partial charge in [0.1, 0.15) is 5.78 Å². The molecule has 1 aromatic rings. The fourth-order valence-corrected chi connectivity index (χ4v) is 2.29. The Morgan fingerprint density at radius 2 is 1.85 bits per heavy atom. The predicted octanol–water partition coefficient (Wildman–Crippen LogP) is 4.21. The van der Waals surface area contributed by atoms with Gasteiger partial charge < -0.3 is 0 Å². The van der Waals surface area contributed by atoms with Gasteiger partial charge in [0.2, 0.25) is 0 Å². The molecule has 0 radical (unpaired) electrons. The minimum absolute atomic E-state index is 0.00528. The highest BCUT2D eigenvalue weighted by molar-refractivity contribution is 5.81. The summed E-state index contributed by atoms with van der Waals surface area (Å²) in [6.45, 7) is 0. The lowest BCUT2D eigenvalue weighted by Gasteiger charge is -2.17. The Kier molecular flexibility index (Phi) is 4.49. The van der Waals surface area contributed by atoms with Crippen LogP contribution in [0.4, 0.5) is 13.2 Å². The van der Waals surface area contributed by atoms with Crippen LogP contribution in [0, 0.1) is 17.8 Å². The number of hydrogen-bond acceptors (Lipinski definition) is 1. The quantitative estimate of drug-likeness (QED) is 0.704. The number of Topliss-reactive ketones (excluding diaryl/α,β-unsaturated/α-hetero) is 1. The van der Waals surface area contributed by atoms with Crippen LogP contribution < -0.4 is 0 Å². The topological polar surface area (TPSA) is 17.1 Å². The maximum atomic E-state index is 12.4. The average molecular weight is 280 g/mol. The van der Waals surface area contributed by atoms with Crippen LogP contribution in [0.15, 0.2) is 24.3 Å². The van der Waals surface area contributed by atoms with Gasteiger partial charge in [-0.2, -0.15) is 13.2 Å². The zero-order valence-electron chi connectivity index (χ0n) is 11.0. The molecule has 20 heavy (non-hydrogen) atoms. The largest absolute Gasteiger partial charge is 0.416 e. The molecule has 1 aromatic carbocycles. The summed E-state index contributed by atoms with van der Waals surface area (Å²) in [5.41, 5.74) is -0.133. The van der Waals surface area contributed by atoms with Crippen molar-refractivity contribution in [1.82, 2.24) is 0 Å². The smallest absolute Gasteiger partial charge is 0.299 e. The van der Waals surface area contributed by atoms with Crippen molar-refractivity contribution in [2.24, 2.45) is 5.92 Å². The molecule has 0 spiro atoms. The van der Waals surface area contributed by atoms with Gasteiger partial charge in [-0.05, 0) is 37.1 Å². The van der Waals surface area contributed by atoms with Gasteiger partial charge in [0.05, 0.1) is 5.56 Å². The third-order valence-corrected chi connectivity index (χ3v) is 3.47. The van der Waals surface area contributed by atoms with E-state index in [0.717, 1.165) is 31.4 Å². The van der Waals surface area contributed by atoms with E-state index in [1.165, 1.54) is 12.1 Å². The Bertz CT molecular complexity index is 532. The normalized spacial score (nSPS) is 19.4. The number of hydrogen-bond donors (Lipinski definition) is 0. The third-order valence-electron chi connectivity index (χ3n) is 3.47. The minimum atomic E-state index is -4.32. The van der Waals surface area contributed by atoms with Gasteiger partial charge in [0.15, 0.2) is 0 Å². The first-order valence-electron chi connectivity index (χ1n) is 6.65. The average Bonchev–Trinajstić information content (AvgIpc) is 2.40. The molecule has 1 aliphatic rings. The fraction of sp³-hybridized carbons (Fsp3) is 0.438. The lowest BCUT2D eigenvalue weighted by molar-refractivity contribution is -0.137. The van der Waals surface area contributed by atoms with Crippen LogP contribution in [0.3, 0.4) is 0 Å². The van der Waals surface area contributed by atoms with E-state index in [-0.39, 0.29) is 11.7 Å². The Labute approximate surface area is 116 Å². The molecule has 0 N–H and O–H groups in total. The number of benzene rings is 1. The standard InChI is InChI=1S/C16H15F3O/c17-16(18,19)14-10-8-12(9-11-14)4-3-6-13-5-1-2-7-15(13)20/h8-11,13H,1-2,5-7H2. The van der Waals surface area contributed by atoms with Crippen LogP contribution >= 0.6 is 0 Å². The van der Waals surface area contributed by atoms with Gasteiger partial charge in [-0.3, -0.25) is 4.79 Å². The van der Waals surface area contributed by atoms with Crippen LogP contribution in [-0.4, -0.2) is 5.78 Å². The molecule has 0 amide bonds. The van der Waals surface area contributed by atoms with Gasteiger partial charge in [-0.25, -0.2) is 0 Å². The zero-order chi connectivity index (χ0) is 14.6. The van der Waals surface area contributed by atoms with Gasteiger partial charge >= 0.3 is 6.18 Å². The molecule has 0 saturated heterocycles. The molecule has 0 heterocycles. The SMILES string of the molecule is O=C1CCCCC1CC#Cc1ccc(C(F)(F)F)cc1. The van der Waals surface area contributed by atoms with Crippen LogP contribution in [0.25, 0.3) is 0 Å². The number of ketones is 1. The predicted molar refractivity (Wildman–Crippen MR) is 69.9 cm³/mol. The molecule has 2 rings (SSSR count). The minimum Gasteiger partial charge on any atom is -0.299 e. The third kappa shape index (κ3) is 3.86. The summed E-state index contributed by atoms with van der Waals surface area (Å²) in [6, 6.07) is 4.77. The molecule has 4 heteroatoms. The van der Waals surface area contributed by atoms with Gasteiger partial charge in [0.25, 0.3) is 0 Å². The van der Waals surface area contributed by atoms with Crippen LogP contribution in [0.1, 0.15) is 43.2 Å². The van der Waals surface area contributed by atoms with E-state index in [1.807, 2.05) is 0 Å². The molecule has 1 atom stereocenters. The first-order chi connectivity index (χ1) is 9.47. The maximum Gasteiger partial charge on any atom is 0.416 e. The summed E-state index contributed by atoms with van der Waals surface area (Å²) < 4.78 is 37.2. The Balaban J connectivity index is 1.97. The summed E-state index contributed by atoms with van der Waals surface area (Å²) in [7, 11) is 0. The number of carbonyl (C=O) groups excluding carboxylic acids is 1. The van der Waals surface area contributed by atoms with E-state index < -0.39 is 11.7 Å². The van der Waals surface area contributed by atoms with Crippen molar-refractivity contribution in [3.63, 3.8) is 0 Å². The molecular formula is C16H15F3O. The van der Waals surface area contributed by atoms with Gasteiger partial charge in [0, 0.05) is 24.3 Å². The van der Waals surface area contributed by atoms with Crippen molar-refractivity contribution < 1.29 is 18.0 Å². The molecular weight excluding hydrogens is 265 g/mol. The van der Waals surface area contributed by atoms with Gasteiger partial charge in [-0.15, -0.1) is 0 Å². The Morgan fingerprint density at radius 1 is 1.15 bits per heavy atom. The van der Waals surface area contributed by atoms with E-state index in [1.54, 1.807) is 0 Å². The lowest BCUT2D eigenvalue weighted by Crippen LogP contribution is -2.18. The fourth-order valence-electron chi connectivity index (χ4n) is 2.29. The highest BCUT2D eigenvalue weighted by Crippen LogP contribution is 2.29. The first kappa shape index (κ1) is 14.6. The zero-order valence-corrected chi connectivity index (χ0v) is 11.0. The van der Waals surface area contributed by atoms with Crippen molar-refractivity contribution in [3.8, 4) is 11.8 Å². The van der Waals surface area contributed by atoms with Crippen LogP contribution in [-0.2, 0) is 11.0 Å². The number of alkyl halides is 3. The van der Waals surface area contributed by atoms with Gasteiger partial charge in [-0.1, -0.05) is 18.3 Å². The highest BCUT2D eigenvalue weighted by atomic mass is 19.4. The summed E-state index contributed by atoms with van der Waals surface area (Å²) in [5.74, 6) is 6.00. The second-order valence-corrected chi connectivity index (χ2v) is 4.99. The number of carbonyl (C=O) groups is 1. The molecule has 0 aromatic heterocycles. The summed E-state index contributed by atoms with van der Waals surface area (Å²) in [4.78, 5) is 11.6. The van der Waals surface area contributed by atoms with Crippen molar-refractivity contribution >= 4 is 5.78 Å². The molecule has 1 aliphatic carbocycles. The number of rotatable bonds is 1. The molecule has 1 saturated carbocycles. The molecule has 1 unspecified atom stereocenters. The second-order valence-electron chi connectivity index (χ2n) is 4.99.